The van der Waals surface area contributed by atoms with Crippen LogP contribution in [0.5, 0.6) is 0 Å². The Morgan fingerprint density at radius 3 is 2.81 bits per heavy atom. The summed E-state index contributed by atoms with van der Waals surface area (Å²) in [6.07, 6.45) is 4.94. The van der Waals surface area contributed by atoms with Crippen molar-refractivity contribution in [3.63, 3.8) is 0 Å². The van der Waals surface area contributed by atoms with E-state index in [4.69, 9.17) is 16.3 Å². The molecule has 4 atom stereocenters. The first-order chi connectivity index (χ1) is 15.5. The van der Waals surface area contributed by atoms with Gasteiger partial charge in [-0.1, -0.05) is 25.0 Å². The second-order valence-corrected chi connectivity index (χ2v) is 9.30. The third kappa shape index (κ3) is 3.82. The summed E-state index contributed by atoms with van der Waals surface area (Å²) in [6.45, 7) is 0.221. The van der Waals surface area contributed by atoms with Crippen molar-refractivity contribution in [2.75, 3.05) is 13.2 Å². The predicted octanol–water partition coefficient (Wildman–Crippen LogP) is 2.15. The molecule has 0 unspecified atom stereocenters. The lowest BCUT2D eigenvalue weighted by molar-refractivity contribution is -0.139. The lowest BCUT2D eigenvalue weighted by atomic mass is 9.95. The summed E-state index contributed by atoms with van der Waals surface area (Å²) >= 11 is 6.38. The number of ketones is 1. The first-order valence-corrected chi connectivity index (χ1v) is 11.5. The summed E-state index contributed by atoms with van der Waals surface area (Å²) in [5, 5.41) is 9.40. The van der Waals surface area contributed by atoms with E-state index in [9.17, 15) is 14.4 Å². The minimum Gasteiger partial charge on any atom is -0.366 e. The number of amides is 2. The number of carbonyl (C=O) groups is 3. The summed E-state index contributed by atoms with van der Waals surface area (Å²) in [4.78, 5) is 40.7. The molecule has 1 aromatic carbocycles. The average molecular weight is 457 g/mol. The minimum atomic E-state index is -0.697. The number of H-pyrrole nitrogens is 1. The summed E-state index contributed by atoms with van der Waals surface area (Å²) in [7, 11) is 0. The van der Waals surface area contributed by atoms with Crippen LogP contribution in [0.25, 0.3) is 11.3 Å². The van der Waals surface area contributed by atoms with Crippen LogP contribution in [0, 0.1) is 5.92 Å². The number of alkyl halides is 1. The number of carbonyl (C=O) groups excluding carboxylic acids is 3. The van der Waals surface area contributed by atoms with Gasteiger partial charge >= 0.3 is 0 Å². The lowest BCUT2D eigenvalue weighted by Crippen LogP contribution is -2.54. The van der Waals surface area contributed by atoms with Gasteiger partial charge < -0.3 is 15.0 Å². The number of nitrogens with one attached hydrogen (secondary N) is 2. The lowest BCUT2D eigenvalue weighted by Gasteiger charge is -2.30. The van der Waals surface area contributed by atoms with Gasteiger partial charge in [0.2, 0.25) is 5.91 Å². The fourth-order valence-corrected chi connectivity index (χ4v) is 5.50. The van der Waals surface area contributed by atoms with Crippen molar-refractivity contribution in [3.05, 3.63) is 42.1 Å². The maximum Gasteiger partial charge on any atom is 0.251 e. The number of aromatic nitrogens is 2. The molecule has 5 rings (SSSR count). The topological polar surface area (TPSA) is 104 Å². The largest absolute Gasteiger partial charge is 0.366 e. The molecule has 1 aliphatic carbocycles. The minimum absolute atomic E-state index is 0.0246. The Bertz CT molecular complexity index is 1020. The van der Waals surface area contributed by atoms with Gasteiger partial charge in [0.1, 0.15) is 24.8 Å². The molecule has 2 saturated heterocycles. The van der Waals surface area contributed by atoms with Gasteiger partial charge in [-0.25, -0.2) is 0 Å². The Morgan fingerprint density at radius 1 is 1.25 bits per heavy atom. The number of fused-ring (bicyclic) bond motifs is 1. The average Bonchev–Trinajstić information content (AvgIpc) is 3.59. The van der Waals surface area contributed by atoms with E-state index in [0.717, 1.165) is 36.9 Å². The number of benzene rings is 1. The third-order valence-electron chi connectivity index (χ3n) is 6.77. The molecule has 1 saturated carbocycles. The van der Waals surface area contributed by atoms with Gasteiger partial charge in [0, 0.05) is 23.9 Å². The molecular formula is C23H25ClN4O4. The van der Waals surface area contributed by atoms with Crippen molar-refractivity contribution in [1.82, 2.24) is 20.4 Å². The Balaban J connectivity index is 1.38. The molecule has 3 heterocycles. The van der Waals surface area contributed by atoms with Gasteiger partial charge in [0.05, 0.1) is 11.1 Å². The maximum absolute atomic E-state index is 13.6. The molecule has 9 heteroatoms. The standard InChI is InChI=1S/C23H25ClN4O4/c24-16-11-28(20-18(29)12-32-21(16)20)23(31)19(13-4-1-2-5-13)26-22(30)15-7-3-6-14(10-15)17-8-9-25-27-17/h3,6-10,13,16,19-21H,1-2,4-5,11-12H2,(H,25,27)(H,26,30)/t16-,19-,20+,21+/m0/s1. The van der Waals surface area contributed by atoms with E-state index in [1.165, 1.54) is 4.90 Å². The monoisotopic (exact) mass is 456 g/mol. The highest BCUT2D eigenvalue weighted by Crippen LogP contribution is 2.34. The van der Waals surface area contributed by atoms with Crippen molar-refractivity contribution >= 4 is 29.2 Å². The van der Waals surface area contributed by atoms with Crippen LogP contribution in [0.2, 0.25) is 0 Å². The van der Waals surface area contributed by atoms with Crippen LogP contribution in [0.4, 0.5) is 0 Å². The van der Waals surface area contributed by atoms with E-state index in [0.29, 0.717) is 5.56 Å². The summed E-state index contributed by atoms with van der Waals surface area (Å²) in [5.74, 6) is -0.654. The highest BCUT2D eigenvalue weighted by molar-refractivity contribution is 6.22. The van der Waals surface area contributed by atoms with Crippen LogP contribution in [0.3, 0.4) is 0 Å². The number of halogens is 1. The normalized spacial score (nSPS) is 26.3. The molecule has 0 bridgehead atoms. The third-order valence-corrected chi connectivity index (χ3v) is 7.15. The SMILES string of the molecule is O=C(N[C@H](C(=O)N1C[C@H](Cl)[C@H]2OCC(=O)[C@H]21)C1CCCC1)c1cccc(-c2ccn[nH]2)c1. The molecule has 3 aliphatic rings. The quantitative estimate of drug-likeness (QED) is 0.671. The second kappa shape index (κ2) is 8.67. The van der Waals surface area contributed by atoms with Gasteiger partial charge in [-0.2, -0.15) is 5.10 Å². The Labute approximate surface area is 190 Å². The molecule has 2 N–H and O–H groups in total. The van der Waals surface area contributed by atoms with Gasteiger partial charge in [-0.15, -0.1) is 11.6 Å². The van der Waals surface area contributed by atoms with Gasteiger partial charge in [-0.3, -0.25) is 19.5 Å². The van der Waals surface area contributed by atoms with Crippen molar-refractivity contribution in [3.8, 4) is 11.3 Å². The molecular weight excluding hydrogens is 432 g/mol. The number of hydrogen-bond acceptors (Lipinski definition) is 5. The van der Waals surface area contributed by atoms with E-state index in [1.54, 1.807) is 24.4 Å². The number of aromatic amines is 1. The molecule has 0 radical (unpaired) electrons. The first-order valence-electron chi connectivity index (χ1n) is 11.0. The van der Waals surface area contributed by atoms with E-state index in [1.807, 2.05) is 12.1 Å². The van der Waals surface area contributed by atoms with Gasteiger partial charge in [0.15, 0.2) is 5.78 Å². The zero-order valence-electron chi connectivity index (χ0n) is 17.5. The number of nitrogens with zero attached hydrogens (tertiary/aromatic N) is 2. The highest BCUT2D eigenvalue weighted by Gasteiger charge is 2.53. The van der Waals surface area contributed by atoms with Crippen LogP contribution in [0.1, 0.15) is 36.0 Å². The summed E-state index contributed by atoms with van der Waals surface area (Å²) in [5.41, 5.74) is 2.10. The van der Waals surface area contributed by atoms with Crippen LogP contribution in [-0.4, -0.2) is 69.4 Å². The van der Waals surface area contributed by atoms with E-state index in [-0.39, 0.29) is 36.7 Å². The Morgan fingerprint density at radius 2 is 2.06 bits per heavy atom. The van der Waals surface area contributed by atoms with Crippen molar-refractivity contribution in [1.29, 1.82) is 0 Å². The van der Waals surface area contributed by atoms with Crippen LogP contribution >= 0.6 is 11.6 Å². The zero-order valence-corrected chi connectivity index (χ0v) is 18.3. The molecule has 1 aromatic heterocycles. The van der Waals surface area contributed by atoms with Crippen LogP contribution in [0.15, 0.2) is 36.5 Å². The fourth-order valence-electron chi connectivity index (χ4n) is 5.14. The fraction of sp³-hybridized carbons (Fsp3) is 0.478. The molecule has 8 nitrogen and oxygen atoms in total. The summed E-state index contributed by atoms with van der Waals surface area (Å²) in [6, 6.07) is 7.66. The van der Waals surface area contributed by atoms with E-state index >= 15 is 0 Å². The van der Waals surface area contributed by atoms with Crippen LogP contribution in [-0.2, 0) is 14.3 Å². The molecule has 2 aromatic rings. The van der Waals surface area contributed by atoms with Crippen molar-refractivity contribution in [2.24, 2.45) is 5.92 Å². The smallest absolute Gasteiger partial charge is 0.251 e. The van der Waals surface area contributed by atoms with E-state index in [2.05, 4.69) is 15.5 Å². The molecule has 168 valence electrons. The van der Waals surface area contributed by atoms with E-state index < -0.39 is 23.6 Å². The van der Waals surface area contributed by atoms with Gasteiger partial charge in [-0.05, 0) is 37.0 Å². The van der Waals surface area contributed by atoms with Gasteiger partial charge in [0.25, 0.3) is 5.91 Å². The molecule has 2 aliphatic heterocycles. The predicted molar refractivity (Wildman–Crippen MR) is 117 cm³/mol. The highest BCUT2D eigenvalue weighted by atomic mass is 35.5. The van der Waals surface area contributed by atoms with Crippen LogP contribution < -0.4 is 5.32 Å². The molecule has 32 heavy (non-hydrogen) atoms. The number of likely N-dealkylation sites (tertiary alicyclic amines) is 1. The molecule has 2 amide bonds. The molecule has 3 fully saturated rings. The second-order valence-electron chi connectivity index (χ2n) is 8.74. The van der Waals surface area contributed by atoms with Crippen molar-refractivity contribution < 1.29 is 19.1 Å². The zero-order chi connectivity index (χ0) is 22.2. The maximum atomic E-state index is 13.6. The van der Waals surface area contributed by atoms with Crippen molar-refractivity contribution in [2.45, 2.75) is 49.2 Å². The molecule has 0 spiro atoms. The number of hydrogen-bond donors (Lipinski definition) is 2. The summed E-state index contributed by atoms with van der Waals surface area (Å²) < 4.78 is 5.52. The Kier molecular flexibility index (Phi) is 5.73. The first kappa shape index (κ1) is 21.2. The Hall–Kier alpha value is -2.71. The number of Topliss-reactive ketones (excluding diaryl/α,β-unsaturated/α-hetero) is 1. The number of rotatable bonds is 5. The number of ether oxygens (including phenoxy) is 1.